The lowest BCUT2D eigenvalue weighted by atomic mass is 10.2. The molecule has 0 saturated carbocycles. The molecule has 24 heavy (non-hydrogen) atoms. The molecule has 0 aliphatic carbocycles. The molecule has 6 nitrogen and oxygen atoms in total. The van der Waals surface area contributed by atoms with Gasteiger partial charge >= 0.3 is 5.97 Å². The molecule has 3 rings (SSSR count). The van der Waals surface area contributed by atoms with E-state index in [1.165, 1.54) is 19.2 Å². The molecule has 1 amide bonds. The summed E-state index contributed by atoms with van der Waals surface area (Å²) in [6.45, 7) is 0.308. The van der Waals surface area contributed by atoms with Crippen LogP contribution in [-0.2, 0) is 11.3 Å². The highest BCUT2D eigenvalue weighted by atomic mass is 35.5. The first-order valence-electron chi connectivity index (χ1n) is 6.86. The summed E-state index contributed by atoms with van der Waals surface area (Å²) in [5.74, 6) is -1.20. The number of esters is 1. The second-order valence-electron chi connectivity index (χ2n) is 5.08. The van der Waals surface area contributed by atoms with Crippen molar-refractivity contribution in [1.29, 1.82) is 0 Å². The Hall–Kier alpha value is -2.44. The molecule has 8 heteroatoms. The zero-order valence-corrected chi connectivity index (χ0v) is 14.0. The van der Waals surface area contributed by atoms with Crippen molar-refractivity contribution in [3.05, 3.63) is 57.4 Å². The van der Waals surface area contributed by atoms with Crippen LogP contribution in [0.15, 0.2) is 34.7 Å². The fourth-order valence-corrected chi connectivity index (χ4v) is 2.75. The largest absolute Gasteiger partial charge is 0.464 e. The first kappa shape index (κ1) is 16.4. The molecule has 0 spiro atoms. The van der Waals surface area contributed by atoms with Crippen molar-refractivity contribution in [2.75, 3.05) is 7.11 Å². The van der Waals surface area contributed by atoms with Crippen molar-refractivity contribution < 1.29 is 18.7 Å². The Morgan fingerprint density at radius 2 is 1.96 bits per heavy atom. The van der Waals surface area contributed by atoms with Crippen LogP contribution in [0.1, 0.15) is 26.6 Å². The van der Waals surface area contributed by atoms with Gasteiger partial charge in [-0.1, -0.05) is 29.3 Å². The van der Waals surface area contributed by atoms with Crippen LogP contribution in [0.4, 0.5) is 0 Å². The Kier molecular flexibility index (Phi) is 4.26. The van der Waals surface area contributed by atoms with Gasteiger partial charge < -0.3 is 19.5 Å². The molecule has 0 saturated heterocycles. The van der Waals surface area contributed by atoms with E-state index < -0.39 is 11.9 Å². The Balaban J connectivity index is 2.12. The lowest BCUT2D eigenvalue weighted by Crippen LogP contribution is -2.12. The zero-order chi connectivity index (χ0) is 17.4. The number of nitrogens with two attached hydrogens (primary N) is 1. The molecule has 1 aromatic carbocycles. The number of benzene rings is 1. The summed E-state index contributed by atoms with van der Waals surface area (Å²) in [4.78, 5) is 23.3. The van der Waals surface area contributed by atoms with Gasteiger partial charge in [0.05, 0.1) is 22.7 Å². The maximum atomic E-state index is 12.0. The van der Waals surface area contributed by atoms with Gasteiger partial charge in [0.2, 0.25) is 0 Å². The summed E-state index contributed by atoms with van der Waals surface area (Å²) in [5.41, 5.74) is 7.25. The van der Waals surface area contributed by atoms with Crippen molar-refractivity contribution in [2.24, 2.45) is 5.73 Å². The van der Waals surface area contributed by atoms with Crippen LogP contribution in [0, 0.1) is 0 Å². The van der Waals surface area contributed by atoms with E-state index in [-0.39, 0.29) is 11.5 Å². The SMILES string of the molecule is COC(=O)c1cc2oc(C(N)=O)cc2n1Cc1ccc(Cl)c(Cl)c1. The van der Waals surface area contributed by atoms with Crippen LogP contribution in [0.3, 0.4) is 0 Å². The van der Waals surface area contributed by atoms with Gasteiger partial charge in [0.25, 0.3) is 5.91 Å². The number of rotatable bonds is 4. The molecule has 0 radical (unpaired) electrons. The van der Waals surface area contributed by atoms with Gasteiger partial charge in [0, 0.05) is 18.7 Å². The van der Waals surface area contributed by atoms with Crippen LogP contribution >= 0.6 is 23.2 Å². The number of furan rings is 1. The monoisotopic (exact) mass is 366 g/mol. The van der Waals surface area contributed by atoms with Gasteiger partial charge in [0.15, 0.2) is 11.3 Å². The number of hydrogen-bond acceptors (Lipinski definition) is 4. The summed E-state index contributed by atoms with van der Waals surface area (Å²) in [5, 5.41) is 0.841. The van der Waals surface area contributed by atoms with E-state index in [0.717, 1.165) is 5.56 Å². The minimum Gasteiger partial charge on any atom is -0.464 e. The number of aromatic nitrogens is 1. The minimum atomic E-state index is -0.688. The first-order valence-corrected chi connectivity index (χ1v) is 7.61. The molecule has 124 valence electrons. The maximum absolute atomic E-state index is 12.0. The number of fused-ring (bicyclic) bond motifs is 1. The highest BCUT2D eigenvalue weighted by Gasteiger charge is 2.21. The summed E-state index contributed by atoms with van der Waals surface area (Å²) in [7, 11) is 1.29. The summed E-state index contributed by atoms with van der Waals surface area (Å²) in [6.07, 6.45) is 0. The van der Waals surface area contributed by atoms with Crippen LogP contribution in [-0.4, -0.2) is 23.6 Å². The third-order valence-corrected chi connectivity index (χ3v) is 4.29. The van der Waals surface area contributed by atoms with E-state index in [0.29, 0.717) is 27.7 Å². The van der Waals surface area contributed by atoms with E-state index >= 15 is 0 Å². The van der Waals surface area contributed by atoms with Crippen LogP contribution < -0.4 is 5.73 Å². The second-order valence-corrected chi connectivity index (χ2v) is 5.89. The number of carbonyl (C=O) groups is 2. The average molecular weight is 367 g/mol. The molecule has 0 atom stereocenters. The zero-order valence-electron chi connectivity index (χ0n) is 12.5. The minimum absolute atomic E-state index is 0.0132. The molecule has 0 aliphatic rings. The third kappa shape index (κ3) is 2.86. The molecule has 2 aromatic heterocycles. The van der Waals surface area contributed by atoms with Gasteiger partial charge in [-0.05, 0) is 17.7 Å². The normalized spacial score (nSPS) is 11.0. The number of amides is 1. The Morgan fingerprint density at radius 1 is 1.21 bits per heavy atom. The lowest BCUT2D eigenvalue weighted by molar-refractivity contribution is 0.0589. The lowest BCUT2D eigenvalue weighted by Gasteiger charge is -2.09. The molecular formula is C16H12Cl2N2O4. The number of primary amides is 1. The van der Waals surface area contributed by atoms with Gasteiger partial charge in [-0.2, -0.15) is 0 Å². The predicted molar refractivity (Wildman–Crippen MR) is 89.6 cm³/mol. The number of carbonyl (C=O) groups excluding carboxylic acids is 2. The van der Waals surface area contributed by atoms with E-state index in [1.807, 2.05) is 0 Å². The molecular weight excluding hydrogens is 355 g/mol. The van der Waals surface area contributed by atoms with Crippen LogP contribution in [0.25, 0.3) is 11.1 Å². The Morgan fingerprint density at radius 3 is 2.58 bits per heavy atom. The second kappa shape index (κ2) is 6.22. The molecule has 0 aliphatic heterocycles. The standard InChI is InChI=1S/C16H12Cl2N2O4/c1-23-16(22)12-6-13-11(5-14(24-13)15(19)21)20(12)7-8-2-3-9(17)10(18)4-8/h2-6H,7H2,1H3,(H2,19,21). The molecule has 2 heterocycles. The van der Waals surface area contributed by atoms with Crippen molar-refractivity contribution in [2.45, 2.75) is 6.54 Å². The van der Waals surface area contributed by atoms with Crippen LogP contribution in [0.5, 0.6) is 0 Å². The molecule has 0 unspecified atom stereocenters. The van der Waals surface area contributed by atoms with E-state index in [9.17, 15) is 9.59 Å². The van der Waals surface area contributed by atoms with Crippen molar-refractivity contribution >= 4 is 46.2 Å². The summed E-state index contributed by atoms with van der Waals surface area (Å²) >= 11 is 12.0. The van der Waals surface area contributed by atoms with Gasteiger partial charge in [-0.3, -0.25) is 4.79 Å². The third-order valence-electron chi connectivity index (χ3n) is 3.55. The van der Waals surface area contributed by atoms with E-state index in [2.05, 4.69) is 0 Å². The number of nitrogens with zero attached hydrogens (tertiary/aromatic N) is 1. The highest BCUT2D eigenvalue weighted by molar-refractivity contribution is 6.42. The molecule has 0 bridgehead atoms. The number of halogens is 2. The quantitative estimate of drug-likeness (QED) is 0.716. The molecule has 0 fully saturated rings. The van der Waals surface area contributed by atoms with Crippen molar-refractivity contribution in [3.8, 4) is 0 Å². The average Bonchev–Trinajstić information content (AvgIpc) is 3.09. The fraction of sp³-hybridized carbons (Fsp3) is 0.125. The Bertz CT molecular complexity index is 959. The predicted octanol–water partition coefficient (Wildman–Crippen LogP) is 3.47. The van der Waals surface area contributed by atoms with Gasteiger partial charge in [-0.15, -0.1) is 0 Å². The first-order chi connectivity index (χ1) is 11.4. The molecule has 3 aromatic rings. The summed E-state index contributed by atoms with van der Waals surface area (Å²) in [6, 6.07) is 8.15. The molecule has 2 N–H and O–H groups in total. The fourth-order valence-electron chi connectivity index (χ4n) is 2.43. The van der Waals surface area contributed by atoms with E-state index in [1.54, 1.807) is 22.8 Å². The van der Waals surface area contributed by atoms with Crippen molar-refractivity contribution in [3.63, 3.8) is 0 Å². The number of ether oxygens (including phenoxy) is 1. The van der Waals surface area contributed by atoms with Gasteiger partial charge in [-0.25, -0.2) is 4.79 Å². The van der Waals surface area contributed by atoms with E-state index in [4.69, 9.17) is 38.1 Å². The van der Waals surface area contributed by atoms with Crippen molar-refractivity contribution in [1.82, 2.24) is 4.57 Å². The van der Waals surface area contributed by atoms with Gasteiger partial charge in [0.1, 0.15) is 5.69 Å². The maximum Gasteiger partial charge on any atom is 0.354 e. The van der Waals surface area contributed by atoms with Crippen LogP contribution in [0.2, 0.25) is 10.0 Å². The number of hydrogen-bond donors (Lipinski definition) is 1. The Labute approximate surface area is 146 Å². The highest BCUT2D eigenvalue weighted by Crippen LogP contribution is 2.27. The topological polar surface area (TPSA) is 87.5 Å². The number of methoxy groups -OCH3 is 1. The summed E-state index contributed by atoms with van der Waals surface area (Å²) < 4.78 is 11.8. The smallest absolute Gasteiger partial charge is 0.354 e.